The fourth-order valence-corrected chi connectivity index (χ4v) is 5.41. The van der Waals surface area contributed by atoms with Gasteiger partial charge in [0, 0.05) is 23.5 Å². The third-order valence-corrected chi connectivity index (χ3v) is 7.00. The molecule has 2 aliphatic heterocycles. The van der Waals surface area contributed by atoms with Crippen molar-refractivity contribution in [1.82, 2.24) is 15.2 Å². The number of fused-ring (bicyclic) bond motifs is 1. The summed E-state index contributed by atoms with van der Waals surface area (Å²) in [5.41, 5.74) is 5.03. The maximum atomic E-state index is 13.3. The standard InChI is InChI=1S/C26H28N6O7S/c1-26(2,3)39-18(33)13-38-30-19(16-8-7-9-17(27)28-16)22(34)29-20-23(35)32-21(25(36)37)15(14-40-24(20)32)12-31-10-5-4-6-11-31/h4-11,20,24H,12-14H2,1-3H3,(H3-,27,28,29,34,36,37)/t20?,24-/m0/s1. The summed E-state index contributed by atoms with van der Waals surface area (Å²) in [5.74, 6) is -3.21. The van der Waals surface area contributed by atoms with E-state index < -0.39 is 47.4 Å². The van der Waals surface area contributed by atoms with Gasteiger partial charge in [-0.3, -0.25) is 14.5 Å². The van der Waals surface area contributed by atoms with Gasteiger partial charge in [-0.1, -0.05) is 17.3 Å². The van der Waals surface area contributed by atoms with E-state index in [4.69, 9.17) is 15.3 Å². The molecule has 4 rings (SSSR count). The molecule has 2 aromatic heterocycles. The molecular formula is C26H28N6O7S. The highest BCUT2D eigenvalue weighted by Crippen LogP contribution is 2.40. The third-order valence-electron chi connectivity index (χ3n) is 5.66. The van der Waals surface area contributed by atoms with Crippen molar-refractivity contribution >= 4 is 47.0 Å². The van der Waals surface area contributed by atoms with Crippen LogP contribution in [0.1, 0.15) is 26.5 Å². The zero-order chi connectivity index (χ0) is 29.0. The van der Waals surface area contributed by atoms with E-state index in [0.717, 1.165) is 4.90 Å². The summed E-state index contributed by atoms with van der Waals surface area (Å²) in [6.45, 7) is 4.76. The molecule has 3 N–H and O–H groups in total. The minimum Gasteiger partial charge on any atom is -0.543 e. The first kappa shape index (κ1) is 28.5. The Morgan fingerprint density at radius 3 is 2.60 bits per heavy atom. The highest BCUT2D eigenvalue weighted by molar-refractivity contribution is 8.00. The minimum absolute atomic E-state index is 0.0408. The molecule has 0 radical (unpaired) electrons. The summed E-state index contributed by atoms with van der Waals surface area (Å²) in [4.78, 5) is 60.7. The second-order valence-corrected chi connectivity index (χ2v) is 11.0. The molecule has 210 valence electrons. The molecule has 1 fully saturated rings. The van der Waals surface area contributed by atoms with Gasteiger partial charge in [-0.15, -0.1) is 11.8 Å². The number of amides is 2. The molecule has 40 heavy (non-hydrogen) atoms. The number of aliphatic carboxylic acids is 1. The van der Waals surface area contributed by atoms with Crippen LogP contribution in [-0.2, 0) is 35.3 Å². The predicted molar refractivity (Wildman–Crippen MR) is 141 cm³/mol. The van der Waals surface area contributed by atoms with Crippen molar-refractivity contribution < 1.29 is 38.4 Å². The summed E-state index contributed by atoms with van der Waals surface area (Å²) in [7, 11) is 0. The number of rotatable bonds is 9. The molecule has 4 heterocycles. The van der Waals surface area contributed by atoms with Gasteiger partial charge in [-0.2, -0.15) is 0 Å². The fourth-order valence-electron chi connectivity index (χ4n) is 4.07. The first-order valence-electron chi connectivity index (χ1n) is 12.2. The number of carbonyl (C=O) groups is 4. The number of esters is 1. The molecule has 2 aromatic rings. The molecule has 2 atom stereocenters. The van der Waals surface area contributed by atoms with Crippen molar-refractivity contribution in [2.75, 3.05) is 18.1 Å². The number of ether oxygens (including phenoxy) is 1. The molecule has 0 saturated carbocycles. The van der Waals surface area contributed by atoms with Crippen LogP contribution >= 0.6 is 11.8 Å². The molecule has 0 aromatic carbocycles. The van der Waals surface area contributed by atoms with Gasteiger partial charge in [0.1, 0.15) is 28.5 Å². The van der Waals surface area contributed by atoms with E-state index in [1.54, 1.807) is 43.8 Å². The highest BCUT2D eigenvalue weighted by Gasteiger charge is 2.53. The number of anilines is 1. The number of nitrogens with one attached hydrogen (secondary N) is 1. The van der Waals surface area contributed by atoms with E-state index in [9.17, 15) is 24.3 Å². The predicted octanol–water partition coefficient (Wildman–Crippen LogP) is -0.882. The second-order valence-electron chi connectivity index (χ2n) is 9.90. The molecule has 0 spiro atoms. The maximum absolute atomic E-state index is 13.3. The van der Waals surface area contributed by atoms with Crippen LogP contribution in [0.4, 0.5) is 5.82 Å². The zero-order valence-electron chi connectivity index (χ0n) is 22.0. The smallest absolute Gasteiger partial charge is 0.347 e. The van der Waals surface area contributed by atoms with Gasteiger partial charge in [0.15, 0.2) is 24.7 Å². The third kappa shape index (κ3) is 6.57. The lowest BCUT2D eigenvalue weighted by atomic mass is 10.0. The van der Waals surface area contributed by atoms with Crippen molar-refractivity contribution in [1.29, 1.82) is 0 Å². The van der Waals surface area contributed by atoms with Crippen LogP contribution < -0.4 is 20.7 Å². The molecule has 2 aliphatic rings. The van der Waals surface area contributed by atoms with Gasteiger partial charge >= 0.3 is 5.97 Å². The molecule has 14 heteroatoms. The lowest BCUT2D eigenvalue weighted by Gasteiger charge is -2.50. The monoisotopic (exact) mass is 568 g/mol. The van der Waals surface area contributed by atoms with Crippen molar-refractivity contribution in [3.8, 4) is 0 Å². The fraction of sp³-hybridized carbons (Fsp3) is 0.346. The van der Waals surface area contributed by atoms with Gasteiger partial charge in [0.25, 0.3) is 11.8 Å². The summed E-state index contributed by atoms with van der Waals surface area (Å²) in [5, 5.41) is 17.7. The SMILES string of the molecule is CC(C)(C)OC(=O)CON=C(C(=O)NC1C(=O)N2C(C(=O)[O-])=C(C[n+]3ccccc3)CS[C@@H]12)c1cccc(N)n1. The molecule has 1 unspecified atom stereocenters. The Morgan fingerprint density at radius 1 is 1.23 bits per heavy atom. The number of aromatic nitrogens is 2. The number of carbonyl (C=O) groups excluding carboxylic acids is 4. The Hall–Kier alpha value is -4.46. The number of pyridine rings is 2. The number of hydrogen-bond acceptors (Lipinski definition) is 11. The average Bonchev–Trinajstić information content (AvgIpc) is 2.88. The van der Waals surface area contributed by atoms with E-state index >= 15 is 0 Å². The lowest BCUT2D eigenvalue weighted by Crippen LogP contribution is -2.71. The number of nitrogens with zero attached hydrogens (tertiary/aromatic N) is 4. The topological polar surface area (TPSA) is 180 Å². The number of thioether (sulfide) groups is 1. The normalized spacial score (nSPS) is 18.9. The zero-order valence-corrected chi connectivity index (χ0v) is 22.8. The number of nitrogens with two attached hydrogens (primary N) is 1. The Bertz CT molecular complexity index is 1390. The Labute approximate surface area is 234 Å². The van der Waals surface area contributed by atoms with E-state index in [2.05, 4.69) is 15.5 Å². The van der Waals surface area contributed by atoms with Gasteiger partial charge in [-0.25, -0.2) is 14.3 Å². The van der Waals surface area contributed by atoms with E-state index in [0.29, 0.717) is 11.3 Å². The molecule has 0 bridgehead atoms. The van der Waals surface area contributed by atoms with Crippen LogP contribution in [0.2, 0.25) is 0 Å². The summed E-state index contributed by atoms with van der Waals surface area (Å²) >= 11 is 1.31. The number of carboxylic acids is 1. The maximum Gasteiger partial charge on any atom is 0.347 e. The van der Waals surface area contributed by atoms with Crippen LogP contribution in [0, 0.1) is 0 Å². The second kappa shape index (κ2) is 11.7. The van der Waals surface area contributed by atoms with Crippen LogP contribution in [0.3, 0.4) is 0 Å². The Balaban J connectivity index is 1.51. The van der Waals surface area contributed by atoms with Gasteiger partial charge in [0.05, 0.1) is 11.7 Å². The number of carboxylic acid groups (broad SMARTS) is 1. The van der Waals surface area contributed by atoms with E-state index in [-0.39, 0.29) is 29.5 Å². The quantitative estimate of drug-likeness (QED) is 0.127. The van der Waals surface area contributed by atoms with Crippen LogP contribution in [0.25, 0.3) is 0 Å². The molecule has 0 aliphatic carbocycles. The van der Waals surface area contributed by atoms with Crippen LogP contribution in [0.15, 0.2) is 65.2 Å². The van der Waals surface area contributed by atoms with Gasteiger partial charge < -0.3 is 30.5 Å². The number of β-lactam (4-membered cyclic amide) rings is 1. The van der Waals surface area contributed by atoms with Crippen molar-refractivity contribution in [2.45, 2.75) is 44.3 Å². The first-order chi connectivity index (χ1) is 18.9. The average molecular weight is 569 g/mol. The first-order valence-corrected chi connectivity index (χ1v) is 13.3. The van der Waals surface area contributed by atoms with Crippen molar-refractivity contribution in [3.63, 3.8) is 0 Å². The highest BCUT2D eigenvalue weighted by atomic mass is 32.2. The number of oxime groups is 1. The lowest BCUT2D eigenvalue weighted by molar-refractivity contribution is -0.689. The summed E-state index contributed by atoms with van der Waals surface area (Å²) in [6, 6.07) is 8.92. The van der Waals surface area contributed by atoms with Crippen molar-refractivity contribution in [2.24, 2.45) is 5.16 Å². The largest absolute Gasteiger partial charge is 0.543 e. The molecule has 13 nitrogen and oxygen atoms in total. The number of hydrogen-bond donors (Lipinski definition) is 2. The minimum atomic E-state index is -1.48. The summed E-state index contributed by atoms with van der Waals surface area (Å²) < 4.78 is 6.96. The van der Waals surface area contributed by atoms with Gasteiger partial charge in [0.2, 0.25) is 6.61 Å². The van der Waals surface area contributed by atoms with Crippen LogP contribution in [0.5, 0.6) is 0 Å². The molecular weight excluding hydrogens is 540 g/mol. The summed E-state index contributed by atoms with van der Waals surface area (Å²) in [6.07, 6.45) is 3.57. The van der Waals surface area contributed by atoms with E-state index in [1.807, 2.05) is 18.2 Å². The Kier molecular flexibility index (Phi) is 8.38. The molecule has 2 amide bonds. The van der Waals surface area contributed by atoms with Gasteiger partial charge in [-0.05, 0) is 32.9 Å². The van der Waals surface area contributed by atoms with E-state index in [1.165, 1.54) is 23.9 Å². The number of nitrogen functional groups attached to an aromatic ring is 1. The van der Waals surface area contributed by atoms with Crippen LogP contribution in [-0.4, -0.2) is 68.7 Å². The molecule has 1 saturated heterocycles. The Morgan fingerprint density at radius 2 is 1.95 bits per heavy atom. The van der Waals surface area contributed by atoms with Crippen molar-refractivity contribution in [3.05, 3.63) is 65.8 Å².